The maximum atomic E-state index is 5.48. The molecule has 0 saturated carbocycles. The van der Waals surface area contributed by atoms with Crippen LogP contribution in [-0.4, -0.2) is 56.3 Å². The summed E-state index contributed by atoms with van der Waals surface area (Å²) in [5.74, 6) is 1.53. The summed E-state index contributed by atoms with van der Waals surface area (Å²) in [6.45, 7) is 11.0. The van der Waals surface area contributed by atoms with Crippen LogP contribution in [0.3, 0.4) is 0 Å². The van der Waals surface area contributed by atoms with Crippen LogP contribution in [0.15, 0.2) is 30.5 Å². The number of rotatable bonds is 9. The number of likely N-dealkylation sites (N-methyl/N-ethyl adjacent to an activating group) is 1. The van der Waals surface area contributed by atoms with E-state index < -0.39 is 0 Å². The topological polar surface area (TPSA) is 49.4 Å². The predicted octanol–water partition coefficient (Wildman–Crippen LogP) is 3.22. The molecule has 3 rings (SSSR count). The van der Waals surface area contributed by atoms with Gasteiger partial charge in [0.05, 0.1) is 12.6 Å². The summed E-state index contributed by atoms with van der Waals surface area (Å²) >= 11 is 0. The van der Waals surface area contributed by atoms with Crippen molar-refractivity contribution < 1.29 is 4.74 Å². The Morgan fingerprint density at radius 1 is 1.22 bits per heavy atom. The van der Waals surface area contributed by atoms with E-state index in [0.717, 1.165) is 50.5 Å². The number of nitrogens with one attached hydrogen (secondary N) is 2. The highest BCUT2D eigenvalue weighted by atomic mass is 16.5. The zero-order valence-electron chi connectivity index (χ0n) is 17.0. The van der Waals surface area contributed by atoms with Crippen molar-refractivity contribution in [3.05, 3.63) is 36.0 Å². The number of fused-ring (bicyclic) bond motifs is 1. The lowest BCUT2D eigenvalue weighted by Gasteiger charge is -2.33. The van der Waals surface area contributed by atoms with Crippen molar-refractivity contribution in [1.29, 1.82) is 0 Å². The van der Waals surface area contributed by atoms with E-state index in [1.54, 1.807) is 7.11 Å². The van der Waals surface area contributed by atoms with Crippen molar-refractivity contribution in [3.8, 4) is 5.75 Å². The summed E-state index contributed by atoms with van der Waals surface area (Å²) in [7, 11) is 1.73. The Labute approximate surface area is 163 Å². The Morgan fingerprint density at radius 2 is 2.00 bits per heavy atom. The second-order valence-electron chi connectivity index (χ2n) is 7.33. The van der Waals surface area contributed by atoms with Crippen LogP contribution in [-0.2, 0) is 0 Å². The van der Waals surface area contributed by atoms with Gasteiger partial charge in [-0.1, -0.05) is 13.8 Å². The Hall–Kier alpha value is -1.69. The van der Waals surface area contributed by atoms with Gasteiger partial charge in [-0.15, -0.1) is 0 Å². The number of methoxy groups -OCH3 is 1. The molecule has 5 heteroatoms. The Morgan fingerprint density at radius 3 is 2.70 bits per heavy atom. The van der Waals surface area contributed by atoms with Gasteiger partial charge in [0.2, 0.25) is 0 Å². The number of aromatic nitrogens is 1. The van der Waals surface area contributed by atoms with Gasteiger partial charge >= 0.3 is 0 Å². The van der Waals surface area contributed by atoms with E-state index in [1.165, 1.54) is 23.8 Å². The molecule has 0 bridgehead atoms. The second-order valence-corrected chi connectivity index (χ2v) is 7.33. The first kappa shape index (κ1) is 20.1. The van der Waals surface area contributed by atoms with Gasteiger partial charge in [0.15, 0.2) is 0 Å². The van der Waals surface area contributed by atoms with E-state index in [0.29, 0.717) is 12.0 Å². The molecule has 148 valence electrons. The third kappa shape index (κ3) is 4.98. The van der Waals surface area contributed by atoms with Crippen LogP contribution < -0.4 is 15.4 Å². The first-order valence-corrected chi connectivity index (χ1v) is 10.4. The molecule has 0 spiro atoms. The summed E-state index contributed by atoms with van der Waals surface area (Å²) in [5.41, 5.74) is 2.39. The van der Waals surface area contributed by atoms with Gasteiger partial charge in [-0.2, -0.15) is 0 Å². The van der Waals surface area contributed by atoms with Crippen LogP contribution in [0.25, 0.3) is 10.9 Å². The molecule has 1 unspecified atom stereocenters. The van der Waals surface area contributed by atoms with Crippen LogP contribution in [0.1, 0.15) is 38.3 Å². The molecule has 0 radical (unpaired) electrons. The van der Waals surface area contributed by atoms with E-state index in [-0.39, 0.29) is 0 Å². The molecule has 1 atom stereocenters. The predicted molar refractivity (Wildman–Crippen MR) is 112 cm³/mol. The number of ether oxygens (including phenoxy) is 1. The highest BCUT2D eigenvalue weighted by Gasteiger charge is 2.26. The third-order valence-corrected chi connectivity index (χ3v) is 5.86. The lowest BCUT2D eigenvalue weighted by atomic mass is 9.84. The third-order valence-electron chi connectivity index (χ3n) is 5.86. The number of pyridine rings is 1. The van der Waals surface area contributed by atoms with Gasteiger partial charge in [0.1, 0.15) is 5.75 Å². The van der Waals surface area contributed by atoms with Crippen molar-refractivity contribution >= 4 is 10.9 Å². The largest absolute Gasteiger partial charge is 0.497 e. The lowest BCUT2D eigenvalue weighted by molar-refractivity contribution is 0.256. The molecular weight excluding hydrogens is 336 g/mol. The number of hydrogen-bond donors (Lipinski definition) is 2. The summed E-state index contributed by atoms with van der Waals surface area (Å²) in [4.78, 5) is 7.05. The van der Waals surface area contributed by atoms with Gasteiger partial charge in [-0.05, 0) is 74.8 Å². The first-order chi connectivity index (χ1) is 13.3. The van der Waals surface area contributed by atoms with Gasteiger partial charge in [0, 0.05) is 30.7 Å². The van der Waals surface area contributed by atoms with Gasteiger partial charge in [0.25, 0.3) is 0 Å². The van der Waals surface area contributed by atoms with Crippen LogP contribution >= 0.6 is 0 Å². The molecule has 1 aromatic carbocycles. The molecule has 0 aliphatic carbocycles. The van der Waals surface area contributed by atoms with E-state index in [9.17, 15) is 0 Å². The molecule has 1 fully saturated rings. The Bertz CT molecular complexity index is 711. The maximum Gasteiger partial charge on any atom is 0.119 e. The van der Waals surface area contributed by atoms with E-state index in [2.05, 4.69) is 52.6 Å². The molecule has 27 heavy (non-hydrogen) atoms. The first-order valence-electron chi connectivity index (χ1n) is 10.4. The van der Waals surface area contributed by atoms with Crippen molar-refractivity contribution in [2.45, 2.75) is 32.7 Å². The van der Waals surface area contributed by atoms with Crippen molar-refractivity contribution in [2.24, 2.45) is 5.92 Å². The molecule has 1 aliphatic rings. The molecule has 1 aliphatic heterocycles. The Kier molecular flexibility index (Phi) is 7.44. The van der Waals surface area contributed by atoms with Crippen molar-refractivity contribution in [2.75, 3.05) is 46.4 Å². The molecule has 0 amide bonds. The normalized spacial score (nSPS) is 16.7. The maximum absolute atomic E-state index is 5.48. The standard InChI is InChI=1S/C22H34N4O/c1-4-26(5-2)15-14-25-22(17-8-11-23-12-9-17)19-10-13-24-21-7-6-18(27-3)16-20(19)21/h6-7,10,13,16-17,22-23,25H,4-5,8-9,11-12,14-15H2,1-3H3. The van der Waals surface area contributed by atoms with Gasteiger partial charge in [-0.25, -0.2) is 0 Å². The Balaban J connectivity index is 1.88. The number of piperidine rings is 1. The minimum Gasteiger partial charge on any atom is -0.497 e. The monoisotopic (exact) mass is 370 g/mol. The fraction of sp³-hybridized carbons (Fsp3) is 0.591. The van der Waals surface area contributed by atoms with Crippen LogP contribution in [0.5, 0.6) is 5.75 Å². The van der Waals surface area contributed by atoms with Crippen LogP contribution in [0.2, 0.25) is 0 Å². The summed E-state index contributed by atoms with van der Waals surface area (Å²) < 4.78 is 5.48. The molecule has 5 nitrogen and oxygen atoms in total. The molecule has 1 aromatic heterocycles. The number of nitrogens with zero attached hydrogens (tertiary/aromatic N) is 2. The number of hydrogen-bond acceptors (Lipinski definition) is 5. The highest BCUT2D eigenvalue weighted by molar-refractivity contribution is 5.84. The van der Waals surface area contributed by atoms with E-state index in [1.807, 2.05) is 12.3 Å². The van der Waals surface area contributed by atoms with Crippen LogP contribution in [0, 0.1) is 5.92 Å². The highest BCUT2D eigenvalue weighted by Crippen LogP contribution is 2.34. The minimum absolute atomic E-state index is 0.347. The van der Waals surface area contributed by atoms with Crippen LogP contribution in [0.4, 0.5) is 0 Å². The summed E-state index contributed by atoms with van der Waals surface area (Å²) in [6, 6.07) is 8.73. The number of benzene rings is 1. The lowest BCUT2D eigenvalue weighted by Crippen LogP contribution is -2.39. The molecule has 2 N–H and O–H groups in total. The van der Waals surface area contributed by atoms with Crippen molar-refractivity contribution in [1.82, 2.24) is 20.5 Å². The fourth-order valence-electron chi connectivity index (χ4n) is 4.17. The molecule has 2 aromatic rings. The zero-order valence-corrected chi connectivity index (χ0v) is 17.0. The minimum atomic E-state index is 0.347. The van der Waals surface area contributed by atoms with Gasteiger partial charge in [-0.3, -0.25) is 4.98 Å². The SMILES string of the molecule is CCN(CC)CCNC(c1ccnc2ccc(OC)cc12)C1CCNCC1. The average Bonchev–Trinajstić information content (AvgIpc) is 2.74. The fourth-order valence-corrected chi connectivity index (χ4v) is 4.17. The molecule has 1 saturated heterocycles. The van der Waals surface area contributed by atoms with E-state index >= 15 is 0 Å². The van der Waals surface area contributed by atoms with E-state index in [4.69, 9.17) is 4.74 Å². The molecule has 2 heterocycles. The average molecular weight is 371 g/mol. The van der Waals surface area contributed by atoms with Crippen molar-refractivity contribution in [3.63, 3.8) is 0 Å². The smallest absolute Gasteiger partial charge is 0.119 e. The zero-order chi connectivity index (χ0) is 19.1. The molecular formula is C22H34N4O. The van der Waals surface area contributed by atoms with Gasteiger partial charge < -0.3 is 20.3 Å². The summed E-state index contributed by atoms with van der Waals surface area (Å²) in [5, 5.41) is 8.60. The quantitative estimate of drug-likeness (QED) is 0.710. The second kappa shape index (κ2) is 10.0. The summed E-state index contributed by atoms with van der Waals surface area (Å²) in [6.07, 6.45) is 4.36.